The second kappa shape index (κ2) is 8.49. The third-order valence-corrected chi connectivity index (χ3v) is 7.55. The molecule has 0 spiro atoms. The monoisotopic (exact) mass is 298 g/mol. The number of thiol groups is 3. The third kappa shape index (κ3) is 6.97. The molecule has 0 N–H and O–H groups in total. The van der Waals surface area contributed by atoms with E-state index in [1.165, 1.54) is 70.6 Å². The lowest BCUT2D eigenvalue weighted by Gasteiger charge is -2.32. The minimum absolute atomic E-state index is 0.641. The molecule has 0 atom stereocenters. The average Bonchev–Trinajstić information content (AvgIpc) is 2.16. The Morgan fingerprint density at radius 2 is 0.875 bits per heavy atom. The van der Waals surface area contributed by atoms with Crippen LogP contribution in [-0.2, 0) is 0 Å². The van der Waals surface area contributed by atoms with Crippen LogP contribution in [0.1, 0.15) is 70.6 Å². The molecule has 0 unspecified atom stereocenters. The lowest BCUT2D eigenvalue weighted by atomic mass is 10.0. The summed E-state index contributed by atoms with van der Waals surface area (Å²) in [6.07, 6.45) is 15.2. The van der Waals surface area contributed by atoms with Crippen molar-refractivity contribution in [2.45, 2.75) is 75.9 Å². The van der Waals surface area contributed by atoms with Crippen molar-refractivity contribution < 1.29 is 0 Å². The van der Waals surface area contributed by atoms with E-state index in [9.17, 15) is 0 Å². The number of rotatable bonds is 1. The molecule has 1 saturated carbocycles. The van der Waals surface area contributed by atoms with Crippen LogP contribution < -0.4 is 0 Å². The predicted molar refractivity (Wildman–Crippen MR) is 89.1 cm³/mol. The Morgan fingerprint density at radius 3 is 1.19 bits per heavy atom. The van der Waals surface area contributed by atoms with Crippen molar-refractivity contribution in [1.29, 1.82) is 0 Å². The minimum Gasteiger partial charge on any atom is -0.112 e. The van der Waals surface area contributed by atoms with Gasteiger partial charge in [0.15, 0.2) is 0 Å². The normalized spacial score (nSPS) is 24.4. The molecule has 1 aliphatic carbocycles. The first kappa shape index (κ1) is 15.5. The summed E-state index contributed by atoms with van der Waals surface area (Å²) in [7, 11) is -1.23. The van der Waals surface area contributed by atoms with E-state index in [4.69, 9.17) is 0 Å². The molecule has 0 radical (unpaired) electrons. The van der Waals surface area contributed by atoms with Gasteiger partial charge in [0.05, 0.1) is 0 Å². The summed E-state index contributed by atoms with van der Waals surface area (Å²) >= 11 is 13.8. The van der Waals surface area contributed by atoms with Crippen LogP contribution in [0.25, 0.3) is 0 Å². The maximum atomic E-state index is 4.60. The maximum absolute atomic E-state index is 4.60. The van der Waals surface area contributed by atoms with Crippen molar-refractivity contribution in [2.75, 3.05) is 0 Å². The first-order valence-electron chi connectivity index (χ1n) is 6.60. The van der Waals surface area contributed by atoms with E-state index in [-0.39, 0.29) is 0 Å². The highest BCUT2D eigenvalue weighted by Crippen LogP contribution is 2.67. The fraction of sp³-hybridized carbons (Fsp3) is 1.00. The number of hydrogen-bond donors (Lipinski definition) is 3. The highest BCUT2D eigenvalue weighted by atomic mass is 33.8. The summed E-state index contributed by atoms with van der Waals surface area (Å²) < 4.78 is 0. The van der Waals surface area contributed by atoms with Crippen LogP contribution in [0.4, 0.5) is 0 Å². The summed E-state index contributed by atoms with van der Waals surface area (Å²) in [4.78, 5) is 0. The SMILES string of the molecule is SS(S)(S)C1CCCCCCCCCCC1. The molecule has 0 nitrogen and oxygen atoms in total. The lowest BCUT2D eigenvalue weighted by molar-refractivity contribution is 0.510. The van der Waals surface area contributed by atoms with Crippen LogP contribution in [0, 0.1) is 0 Å². The molecule has 0 heterocycles. The fourth-order valence-corrected chi connectivity index (χ4v) is 5.31. The van der Waals surface area contributed by atoms with Gasteiger partial charge in [0, 0.05) is 5.25 Å². The fourth-order valence-electron chi connectivity index (χ4n) is 2.44. The van der Waals surface area contributed by atoms with Crippen LogP contribution in [0.3, 0.4) is 0 Å². The summed E-state index contributed by atoms with van der Waals surface area (Å²) in [6.45, 7) is 0. The molecule has 0 amide bonds. The predicted octanol–water partition coefficient (Wildman–Crippen LogP) is 6.00. The van der Waals surface area contributed by atoms with Gasteiger partial charge in [-0.15, -0.1) is 35.0 Å². The van der Waals surface area contributed by atoms with Crippen molar-refractivity contribution in [3.8, 4) is 0 Å². The quantitative estimate of drug-likeness (QED) is 0.384. The van der Waals surface area contributed by atoms with Crippen LogP contribution in [0.15, 0.2) is 0 Å². The molecule has 0 aromatic carbocycles. The molecule has 1 rings (SSSR count). The van der Waals surface area contributed by atoms with Gasteiger partial charge in [-0.05, 0) is 12.8 Å². The molecule has 4 heteroatoms. The molecule has 0 aromatic rings. The maximum Gasteiger partial charge on any atom is 0.0144 e. The molecule has 0 saturated heterocycles. The largest absolute Gasteiger partial charge is 0.112 e. The second-order valence-corrected chi connectivity index (χ2v) is 14.5. The van der Waals surface area contributed by atoms with Crippen molar-refractivity contribution in [2.24, 2.45) is 0 Å². The topological polar surface area (TPSA) is 0 Å². The zero-order chi connectivity index (χ0) is 11.9. The van der Waals surface area contributed by atoms with Gasteiger partial charge in [0.25, 0.3) is 0 Å². The van der Waals surface area contributed by atoms with E-state index < -0.39 is 7.12 Å². The standard InChI is InChI=1S/C12H26S4/c13-16(14,15)12-10-8-6-4-2-1-3-5-7-9-11-12/h12-15H,1-11H2. The first-order valence-corrected chi connectivity index (χ1v) is 11.5. The molecule has 1 fully saturated rings. The lowest BCUT2D eigenvalue weighted by Crippen LogP contribution is -2.08. The van der Waals surface area contributed by atoms with E-state index in [2.05, 4.69) is 35.0 Å². The summed E-state index contributed by atoms with van der Waals surface area (Å²) in [5, 5.41) is 0.641. The highest BCUT2D eigenvalue weighted by molar-refractivity contribution is 9.40. The smallest absolute Gasteiger partial charge is 0.0144 e. The molecule has 1 aliphatic rings. The third-order valence-electron chi connectivity index (χ3n) is 3.50. The van der Waals surface area contributed by atoms with Crippen LogP contribution >= 0.6 is 42.1 Å². The molecule has 0 aliphatic heterocycles. The van der Waals surface area contributed by atoms with E-state index in [1.54, 1.807) is 0 Å². The summed E-state index contributed by atoms with van der Waals surface area (Å²) in [5.41, 5.74) is 0. The molecule has 0 bridgehead atoms. The average molecular weight is 299 g/mol. The van der Waals surface area contributed by atoms with Crippen molar-refractivity contribution in [1.82, 2.24) is 0 Å². The van der Waals surface area contributed by atoms with Crippen LogP contribution in [0.5, 0.6) is 0 Å². The minimum atomic E-state index is -1.23. The van der Waals surface area contributed by atoms with Gasteiger partial charge in [-0.3, -0.25) is 0 Å². The van der Waals surface area contributed by atoms with E-state index >= 15 is 0 Å². The van der Waals surface area contributed by atoms with Crippen molar-refractivity contribution in [3.05, 3.63) is 0 Å². The van der Waals surface area contributed by atoms with Gasteiger partial charge in [-0.25, -0.2) is 0 Å². The molecule has 98 valence electrons. The Kier molecular flexibility index (Phi) is 8.20. The molecular weight excluding hydrogens is 272 g/mol. The van der Waals surface area contributed by atoms with Gasteiger partial charge >= 0.3 is 0 Å². The van der Waals surface area contributed by atoms with Gasteiger partial charge in [-0.1, -0.05) is 64.9 Å². The summed E-state index contributed by atoms with van der Waals surface area (Å²) in [5.74, 6) is 0. The number of hydrogen-bond acceptors (Lipinski definition) is 3. The van der Waals surface area contributed by atoms with E-state index in [0.717, 1.165) is 0 Å². The Bertz CT molecular complexity index is 164. The Labute approximate surface area is 117 Å². The summed E-state index contributed by atoms with van der Waals surface area (Å²) in [6, 6.07) is 0. The van der Waals surface area contributed by atoms with E-state index in [1.807, 2.05) is 0 Å². The van der Waals surface area contributed by atoms with Crippen molar-refractivity contribution >= 4 is 42.1 Å². The first-order chi connectivity index (χ1) is 7.61. The van der Waals surface area contributed by atoms with Gasteiger partial charge < -0.3 is 0 Å². The Morgan fingerprint density at radius 1 is 0.562 bits per heavy atom. The Balaban J connectivity index is 2.36. The molecular formula is C12H26S4. The molecule has 16 heavy (non-hydrogen) atoms. The van der Waals surface area contributed by atoms with Crippen molar-refractivity contribution in [3.63, 3.8) is 0 Å². The van der Waals surface area contributed by atoms with Crippen LogP contribution in [0.2, 0.25) is 0 Å². The van der Waals surface area contributed by atoms with Gasteiger partial charge in [0.1, 0.15) is 0 Å². The van der Waals surface area contributed by atoms with E-state index in [0.29, 0.717) is 5.25 Å². The molecule has 0 aromatic heterocycles. The highest BCUT2D eigenvalue weighted by Gasteiger charge is 2.22. The Hall–Kier alpha value is 1.40. The van der Waals surface area contributed by atoms with Crippen LogP contribution in [-0.4, -0.2) is 5.25 Å². The zero-order valence-electron chi connectivity index (χ0n) is 10.1. The second-order valence-electron chi connectivity index (χ2n) is 4.94. The zero-order valence-corrected chi connectivity index (χ0v) is 13.6. The van der Waals surface area contributed by atoms with Gasteiger partial charge in [-0.2, -0.15) is 0 Å². The van der Waals surface area contributed by atoms with Gasteiger partial charge in [0.2, 0.25) is 0 Å².